The molecule has 1 aromatic heterocycles. The summed E-state index contributed by atoms with van der Waals surface area (Å²) in [6.45, 7) is 5.33. The summed E-state index contributed by atoms with van der Waals surface area (Å²) >= 11 is 0. The summed E-state index contributed by atoms with van der Waals surface area (Å²) in [6.07, 6.45) is 3.78. The first-order valence-corrected chi connectivity index (χ1v) is 8.60. The molecule has 1 amide bonds. The van der Waals surface area contributed by atoms with Crippen molar-refractivity contribution in [1.29, 1.82) is 0 Å². The molecule has 0 fully saturated rings. The quantitative estimate of drug-likeness (QED) is 0.868. The molecule has 5 nitrogen and oxygen atoms in total. The van der Waals surface area contributed by atoms with Crippen molar-refractivity contribution in [3.05, 3.63) is 57.5 Å². The Morgan fingerprint density at radius 1 is 1.25 bits per heavy atom. The molecule has 1 aliphatic heterocycles. The highest BCUT2D eigenvalue weighted by Crippen LogP contribution is 2.31. The minimum Gasteiger partial charge on any atom is -0.306 e. The number of fused-ring (bicyclic) bond motifs is 1. The first-order chi connectivity index (χ1) is 11.6. The third-order valence-corrected chi connectivity index (χ3v) is 4.47. The zero-order valence-corrected chi connectivity index (χ0v) is 14.3. The third kappa shape index (κ3) is 3.11. The van der Waals surface area contributed by atoms with Gasteiger partial charge in [-0.2, -0.15) is 5.10 Å². The SMILES string of the molecule is CCCCn1nc(C(=O)N2CCCc3cccc(C)c32)ccc1=O. The molecule has 0 saturated carbocycles. The molecule has 5 heteroatoms. The van der Waals surface area contributed by atoms with Crippen LogP contribution in [0.5, 0.6) is 0 Å². The van der Waals surface area contributed by atoms with Crippen LogP contribution in [0.3, 0.4) is 0 Å². The van der Waals surface area contributed by atoms with Gasteiger partial charge in [-0.15, -0.1) is 0 Å². The highest BCUT2D eigenvalue weighted by molar-refractivity contribution is 6.05. The number of aryl methyl sites for hydroxylation is 3. The standard InChI is InChI=1S/C19H23N3O2/c1-3-4-13-22-17(23)11-10-16(20-22)19(24)21-12-6-9-15-8-5-7-14(2)18(15)21/h5,7-8,10-11H,3-4,6,9,12-13H2,1-2H3. The molecule has 3 rings (SSSR count). The van der Waals surface area contributed by atoms with Crippen molar-refractivity contribution in [3.63, 3.8) is 0 Å². The number of rotatable bonds is 4. The number of hydrogen-bond acceptors (Lipinski definition) is 3. The van der Waals surface area contributed by atoms with Gasteiger partial charge in [0.05, 0.1) is 5.69 Å². The fourth-order valence-electron chi connectivity index (χ4n) is 3.22. The van der Waals surface area contributed by atoms with Crippen LogP contribution >= 0.6 is 0 Å². The van der Waals surface area contributed by atoms with Crippen LogP contribution in [0.25, 0.3) is 0 Å². The number of amides is 1. The van der Waals surface area contributed by atoms with Gasteiger partial charge in [-0.1, -0.05) is 31.5 Å². The van der Waals surface area contributed by atoms with E-state index in [2.05, 4.69) is 18.1 Å². The number of anilines is 1. The van der Waals surface area contributed by atoms with Crippen molar-refractivity contribution in [1.82, 2.24) is 9.78 Å². The average Bonchev–Trinajstić information content (AvgIpc) is 2.60. The predicted octanol–water partition coefficient (Wildman–Crippen LogP) is 2.94. The van der Waals surface area contributed by atoms with Gasteiger partial charge in [0, 0.05) is 19.2 Å². The molecule has 0 radical (unpaired) electrons. The van der Waals surface area contributed by atoms with Gasteiger partial charge in [0.25, 0.3) is 11.5 Å². The molecule has 1 aromatic carbocycles. The minimum atomic E-state index is -0.157. The molecule has 126 valence electrons. The maximum atomic E-state index is 13.0. The molecule has 2 aromatic rings. The summed E-state index contributed by atoms with van der Waals surface area (Å²) in [5.74, 6) is -0.129. The zero-order chi connectivity index (χ0) is 17.1. The maximum absolute atomic E-state index is 13.0. The van der Waals surface area contributed by atoms with E-state index in [9.17, 15) is 9.59 Å². The molecule has 0 aliphatic carbocycles. The highest BCUT2D eigenvalue weighted by atomic mass is 16.2. The first kappa shape index (κ1) is 16.4. The number of aromatic nitrogens is 2. The molecule has 0 unspecified atom stereocenters. The van der Waals surface area contributed by atoms with Crippen LogP contribution in [-0.2, 0) is 13.0 Å². The minimum absolute atomic E-state index is 0.129. The number of para-hydroxylation sites is 1. The fourth-order valence-corrected chi connectivity index (χ4v) is 3.22. The number of carbonyl (C=O) groups excluding carboxylic acids is 1. The van der Waals surface area contributed by atoms with Crippen LogP contribution in [0.4, 0.5) is 5.69 Å². The molecule has 2 heterocycles. The van der Waals surface area contributed by atoms with E-state index < -0.39 is 0 Å². The molecular formula is C19H23N3O2. The Kier molecular flexibility index (Phi) is 4.79. The summed E-state index contributed by atoms with van der Waals surface area (Å²) in [4.78, 5) is 26.7. The summed E-state index contributed by atoms with van der Waals surface area (Å²) in [7, 11) is 0. The van der Waals surface area contributed by atoms with E-state index in [1.165, 1.54) is 16.3 Å². The van der Waals surface area contributed by atoms with Crippen LogP contribution in [0.2, 0.25) is 0 Å². The topological polar surface area (TPSA) is 55.2 Å². The smallest absolute Gasteiger partial charge is 0.278 e. The van der Waals surface area contributed by atoms with Crippen molar-refractivity contribution < 1.29 is 4.79 Å². The fraction of sp³-hybridized carbons (Fsp3) is 0.421. The Morgan fingerprint density at radius 2 is 2.08 bits per heavy atom. The van der Waals surface area contributed by atoms with Crippen LogP contribution in [0.15, 0.2) is 35.1 Å². The van der Waals surface area contributed by atoms with E-state index >= 15 is 0 Å². The van der Waals surface area contributed by atoms with E-state index in [4.69, 9.17) is 0 Å². The predicted molar refractivity (Wildman–Crippen MR) is 94.6 cm³/mol. The molecular weight excluding hydrogens is 302 g/mol. The van der Waals surface area contributed by atoms with E-state index in [1.54, 1.807) is 6.07 Å². The average molecular weight is 325 g/mol. The van der Waals surface area contributed by atoms with Gasteiger partial charge in [-0.3, -0.25) is 9.59 Å². The van der Waals surface area contributed by atoms with Gasteiger partial charge in [0.1, 0.15) is 5.69 Å². The monoisotopic (exact) mass is 325 g/mol. The highest BCUT2D eigenvalue weighted by Gasteiger charge is 2.26. The third-order valence-electron chi connectivity index (χ3n) is 4.47. The second-order valence-corrected chi connectivity index (χ2v) is 6.28. The Bertz CT molecular complexity index is 810. The number of carbonyl (C=O) groups is 1. The second-order valence-electron chi connectivity index (χ2n) is 6.28. The summed E-state index contributed by atoms with van der Waals surface area (Å²) in [5, 5.41) is 4.30. The lowest BCUT2D eigenvalue weighted by Gasteiger charge is -2.30. The van der Waals surface area contributed by atoms with Gasteiger partial charge in [-0.25, -0.2) is 4.68 Å². The van der Waals surface area contributed by atoms with Crippen molar-refractivity contribution in [2.75, 3.05) is 11.4 Å². The summed E-state index contributed by atoms with van der Waals surface area (Å²) in [6, 6.07) is 9.13. The second kappa shape index (κ2) is 6.99. The molecule has 0 saturated heterocycles. The first-order valence-electron chi connectivity index (χ1n) is 8.60. The lowest BCUT2D eigenvalue weighted by molar-refractivity contribution is 0.0977. The number of benzene rings is 1. The molecule has 0 N–H and O–H groups in total. The van der Waals surface area contributed by atoms with Gasteiger partial charge in [0.15, 0.2) is 0 Å². The van der Waals surface area contributed by atoms with Crippen LogP contribution in [-0.4, -0.2) is 22.2 Å². The number of hydrogen-bond donors (Lipinski definition) is 0. The molecule has 1 aliphatic rings. The van der Waals surface area contributed by atoms with Crippen molar-refractivity contribution >= 4 is 11.6 Å². The van der Waals surface area contributed by atoms with Crippen LogP contribution in [0, 0.1) is 6.92 Å². The van der Waals surface area contributed by atoms with Gasteiger partial charge < -0.3 is 4.90 Å². The Labute approximate surface area is 141 Å². The van der Waals surface area contributed by atoms with E-state index in [0.29, 0.717) is 18.8 Å². The van der Waals surface area contributed by atoms with Crippen molar-refractivity contribution in [3.8, 4) is 0 Å². The lowest BCUT2D eigenvalue weighted by Crippen LogP contribution is -2.38. The zero-order valence-electron chi connectivity index (χ0n) is 14.3. The summed E-state index contributed by atoms with van der Waals surface area (Å²) in [5.41, 5.74) is 3.48. The Hall–Kier alpha value is -2.43. The number of unbranched alkanes of at least 4 members (excludes halogenated alkanes) is 1. The van der Waals surface area contributed by atoms with Gasteiger partial charge in [0.2, 0.25) is 0 Å². The van der Waals surface area contributed by atoms with E-state index in [1.807, 2.05) is 24.0 Å². The van der Waals surface area contributed by atoms with Crippen LogP contribution < -0.4 is 10.5 Å². The van der Waals surface area contributed by atoms with Crippen LogP contribution in [0.1, 0.15) is 47.8 Å². The molecule has 0 bridgehead atoms. The van der Waals surface area contributed by atoms with E-state index in [0.717, 1.165) is 36.9 Å². The largest absolute Gasteiger partial charge is 0.306 e. The Balaban J connectivity index is 1.95. The van der Waals surface area contributed by atoms with Crippen molar-refractivity contribution in [2.45, 2.75) is 46.1 Å². The molecule has 0 spiro atoms. The number of nitrogens with zero attached hydrogens (tertiary/aromatic N) is 3. The summed E-state index contributed by atoms with van der Waals surface area (Å²) < 4.78 is 1.40. The Morgan fingerprint density at radius 3 is 2.88 bits per heavy atom. The van der Waals surface area contributed by atoms with Gasteiger partial charge >= 0.3 is 0 Å². The van der Waals surface area contributed by atoms with Gasteiger partial charge in [-0.05, 0) is 43.4 Å². The normalized spacial score (nSPS) is 13.7. The molecule has 24 heavy (non-hydrogen) atoms. The maximum Gasteiger partial charge on any atom is 0.278 e. The van der Waals surface area contributed by atoms with Crippen molar-refractivity contribution in [2.24, 2.45) is 0 Å². The van der Waals surface area contributed by atoms with E-state index in [-0.39, 0.29) is 11.5 Å². The molecule has 0 atom stereocenters. The lowest BCUT2D eigenvalue weighted by atomic mass is 9.98.